The van der Waals surface area contributed by atoms with Crippen LogP contribution in [-0.2, 0) is 31.6 Å². The van der Waals surface area contributed by atoms with Crippen LogP contribution in [0.1, 0.15) is 6.23 Å². The van der Waals surface area contributed by atoms with Gasteiger partial charge in [0.1, 0.15) is 6.61 Å². The minimum atomic E-state index is -5.93. The van der Waals surface area contributed by atoms with Crippen molar-refractivity contribution in [1.82, 2.24) is 19.5 Å². The van der Waals surface area contributed by atoms with Gasteiger partial charge in [-0.3, -0.25) is 18.9 Å². The van der Waals surface area contributed by atoms with Gasteiger partial charge in [0.15, 0.2) is 29.7 Å². The Kier molecular flexibility index (Phi) is 6.69. The highest BCUT2D eigenvalue weighted by Crippen LogP contribution is 2.66. The molecule has 0 aliphatic carbocycles. The van der Waals surface area contributed by atoms with Crippen LogP contribution in [0, 0.1) is 0 Å². The number of anilines is 1. The van der Waals surface area contributed by atoms with E-state index in [2.05, 4.69) is 32.8 Å². The summed E-state index contributed by atoms with van der Waals surface area (Å²) in [6.45, 7) is -1.92. The summed E-state index contributed by atoms with van der Waals surface area (Å²) in [5, 5.41) is 0. The fraction of sp³-hybridized carbons (Fsp3) is 0.500. The molecule has 6 atom stereocenters. The fourth-order valence-electron chi connectivity index (χ4n) is 2.64. The van der Waals surface area contributed by atoms with Gasteiger partial charge in [0.25, 0.3) is 11.4 Å². The van der Waals surface area contributed by atoms with E-state index >= 15 is 0 Å². The first-order valence-corrected chi connectivity index (χ1v) is 12.6. The third-order valence-electron chi connectivity index (χ3n) is 3.85. The molecule has 0 radical (unpaired) electrons. The molecule has 0 aromatic carbocycles. The summed E-state index contributed by atoms with van der Waals surface area (Å²) in [6, 6.07) is 0. The lowest BCUT2D eigenvalue weighted by molar-refractivity contribution is -0.192. The molecule has 2 unspecified atom stereocenters. The third-order valence-corrected chi connectivity index (χ3v) is 7.63. The van der Waals surface area contributed by atoms with Crippen LogP contribution in [0.3, 0.4) is 0 Å². The standard InChI is InChI=1S/C10H13F3N5O12P3/c11-3-5(12)10(13,1-27-32(23,24)30-33(25,26)29-31(20,21)22)28-8(3)18-2-15-4-6(18)16-9(14)17-7(4)19/h2-3,5,8H,1H2,(H,23,24)(H,25,26)(H2,20,21,22)(H3,14,16,17,19)/t3-,5+,8-,10-/m1/s1. The molecule has 0 bridgehead atoms. The maximum Gasteiger partial charge on any atom is 0.490 e. The number of fused-ring (bicyclic) bond motifs is 1. The van der Waals surface area contributed by atoms with Gasteiger partial charge in [0.05, 0.1) is 6.33 Å². The number of ether oxygens (including phenoxy) is 1. The van der Waals surface area contributed by atoms with E-state index in [-0.39, 0.29) is 5.52 Å². The van der Waals surface area contributed by atoms with E-state index in [0.29, 0.717) is 4.57 Å². The van der Waals surface area contributed by atoms with E-state index in [1.54, 1.807) is 0 Å². The molecule has 3 heterocycles. The summed E-state index contributed by atoms with van der Waals surface area (Å²) in [6.07, 6.45) is -7.43. The Morgan fingerprint density at radius 1 is 1.21 bits per heavy atom. The van der Waals surface area contributed by atoms with E-state index in [0.717, 1.165) is 6.33 Å². The van der Waals surface area contributed by atoms with Gasteiger partial charge < -0.3 is 30.0 Å². The molecule has 33 heavy (non-hydrogen) atoms. The Hall–Kier alpha value is -1.69. The predicted octanol–water partition coefficient (Wildman–Crippen LogP) is -0.0841. The summed E-state index contributed by atoms with van der Waals surface area (Å²) in [5.41, 5.74) is 3.69. The summed E-state index contributed by atoms with van der Waals surface area (Å²) in [5.74, 6) is -4.25. The fourth-order valence-corrected chi connectivity index (χ4v) is 5.67. The Balaban J connectivity index is 1.79. The number of nitrogen functional groups attached to an aromatic ring is 1. The number of hydrogen-bond acceptors (Lipinski definition) is 11. The van der Waals surface area contributed by atoms with Crippen molar-refractivity contribution in [2.24, 2.45) is 0 Å². The first-order valence-electron chi connectivity index (χ1n) is 8.09. The van der Waals surface area contributed by atoms with E-state index in [4.69, 9.17) is 20.4 Å². The first kappa shape index (κ1) is 25.9. The largest absolute Gasteiger partial charge is 0.490 e. The Labute approximate surface area is 178 Å². The SMILES string of the molecule is Nc1nc2c(ncn2[C@@H]2O[C@](F)(COP(=O)(O)OP(=O)(O)OP(=O)(O)O)[C@@H](F)[C@H]2F)c(=O)[nH]1. The number of phosphoric acid groups is 3. The number of hydrogen-bond donors (Lipinski definition) is 6. The number of phosphoric ester groups is 1. The molecule has 1 saturated heterocycles. The van der Waals surface area contributed by atoms with Crippen molar-refractivity contribution in [2.75, 3.05) is 12.3 Å². The van der Waals surface area contributed by atoms with Gasteiger partial charge in [-0.25, -0.2) is 31.9 Å². The highest BCUT2D eigenvalue weighted by Gasteiger charge is 2.60. The van der Waals surface area contributed by atoms with Crippen LogP contribution in [0.25, 0.3) is 11.2 Å². The maximum absolute atomic E-state index is 14.9. The molecule has 0 amide bonds. The van der Waals surface area contributed by atoms with Crippen molar-refractivity contribution < 1.29 is 64.3 Å². The number of halogens is 3. The quantitative estimate of drug-likeness (QED) is 0.237. The summed E-state index contributed by atoms with van der Waals surface area (Å²) in [4.78, 5) is 56.4. The van der Waals surface area contributed by atoms with Crippen molar-refractivity contribution in [1.29, 1.82) is 0 Å². The van der Waals surface area contributed by atoms with E-state index in [9.17, 15) is 36.6 Å². The molecule has 0 saturated carbocycles. The van der Waals surface area contributed by atoms with Gasteiger partial charge in [-0.15, -0.1) is 0 Å². The molecule has 0 spiro atoms. The summed E-state index contributed by atoms with van der Waals surface area (Å²) < 4.78 is 93.3. The summed E-state index contributed by atoms with van der Waals surface area (Å²) in [7, 11) is -17.5. The molecule has 2 aromatic rings. The third kappa shape index (κ3) is 5.70. The molecular weight excluding hydrogens is 532 g/mol. The molecule has 3 rings (SSSR count). The van der Waals surface area contributed by atoms with Gasteiger partial charge in [-0.1, -0.05) is 0 Å². The number of nitrogens with two attached hydrogens (primary N) is 1. The highest BCUT2D eigenvalue weighted by atomic mass is 31.3. The van der Waals surface area contributed by atoms with Crippen molar-refractivity contribution >= 4 is 40.6 Å². The number of imidazole rings is 1. The van der Waals surface area contributed by atoms with Crippen molar-refractivity contribution in [2.45, 2.75) is 24.4 Å². The normalized spacial score (nSPS) is 29.7. The lowest BCUT2D eigenvalue weighted by Crippen LogP contribution is -2.39. The highest BCUT2D eigenvalue weighted by molar-refractivity contribution is 7.66. The van der Waals surface area contributed by atoms with Gasteiger partial charge in [0.2, 0.25) is 5.95 Å². The molecule has 17 nitrogen and oxygen atoms in total. The first-order chi connectivity index (χ1) is 14.9. The van der Waals surface area contributed by atoms with Gasteiger partial charge in [0, 0.05) is 0 Å². The number of H-pyrrole nitrogens is 1. The van der Waals surface area contributed by atoms with Gasteiger partial charge in [-0.2, -0.15) is 13.6 Å². The molecular formula is C10H13F3N5O12P3. The molecule has 186 valence electrons. The lowest BCUT2D eigenvalue weighted by Gasteiger charge is -2.23. The van der Waals surface area contributed by atoms with Crippen LogP contribution in [0.4, 0.5) is 19.1 Å². The van der Waals surface area contributed by atoms with Gasteiger partial charge >= 0.3 is 23.5 Å². The van der Waals surface area contributed by atoms with Crippen LogP contribution in [0.2, 0.25) is 0 Å². The molecule has 7 N–H and O–H groups in total. The van der Waals surface area contributed by atoms with Crippen LogP contribution in [0.5, 0.6) is 0 Å². The van der Waals surface area contributed by atoms with Crippen LogP contribution < -0.4 is 11.3 Å². The van der Waals surface area contributed by atoms with Crippen molar-refractivity contribution in [3.63, 3.8) is 0 Å². The minimum absolute atomic E-state index is 0.389. The van der Waals surface area contributed by atoms with Crippen molar-refractivity contribution in [3.05, 3.63) is 16.7 Å². The average Bonchev–Trinajstić information content (AvgIpc) is 3.12. The second kappa shape index (κ2) is 8.51. The van der Waals surface area contributed by atoms with E-state index < -0.39 is 71.7 Å². The smallest absolute Gasteiger partial charge is 0.369 e. The lowest BCUT2D eigenvalue weighted by atomic mass is 10.1. The van der Waals surface area contributed by atoms with Gasteiger partial charge in [-0.05, 0) is 0 Å². The van der Waals surface area contributed by atoms with E-state index in [1.807, 2.05) is 0 Å². The summed E-state index contributed by atoms with van der Waals surface area (Å²) >= 11 is 0. The second-order valence-corrected chi connectivity index (χ2v) is 10.7. The number of rotatable bonds is 8. The van der Waals surface area contributed by atoms with Crippen LogP contribution >= 0.6 is 23.5 Å². The van der Waals surface area contributed by atoms with Crippen LogP contribution in [0.15, 0.2) is 11.1 Å². The molecule has 1 aliphatic rings. The topological polar surface area (TPSA) is 259 Å². The number of nitrogens with one attached hydrogen (secondary N) is 1. The predicted molar refractivity (Wildman–Crippen MR) is 96.1 cm³/mol. The average molecular weight is 545 g/mol. The number of aromatic amines is 1. The van der Waals surface area contributed by atoms with Crippen LogP contribution in [-0.4, -0.2) is 63.9 Å². The zero-order valence-corrected chi connectivity index (χ0v) is 18.1. The second-order valence-electron chi connectivity index (χ2n) is 6.28. The zero-order chi connectivity index (χ0) is 25.0. The number of aromatic nitrogens is 4. The Morgan fingerprint density at radius 3 is 2.45 bits per heavy atom. The maximum atomic E-state index is 14.9. The number of nitrogens with zero attached hydrogens (tertiary/aromatic N) is 3. The molecule has 1 aliphatic heterocycles. The number of alkyl halides is 3. The Morgan fingerprint density at radius 2 is 1.85 bits per heavy atom. The minimum Gasteiger partial charge on any atom is -0.369 e. The molecule has 23 heteroatoms. The zero-order valence-electron chi connectivity index (χ0n) is 15.5. The molecule has 1 fully saturated rings. The Bertz CT molecular complexity index is 1270. The van der Waals surface area contributed by atoms with Crippen molar-refractivity contribution in [3.8, 4) is 0 Å². The van der Waals surface area contributed by atoms with E-state index in [1.165, 1.54) is 0 Å². The molecule has 2 aromatic heterocycles. The monoisotopic (exact) mass is 545 g/mol.